The van der Waals surface area contributed by atoms with Crippen molar-refractivity contribution < 1.29 is 9.47 Å². The Labute approximate surface area is 78.5 Å². The number of nitrogens with zero attached hydrogens (tertiary/aromatic N) is 2. The maximum Gasteiger partial charge on any atom is 0.136 e. The molecular weight excluding hydrogens is 168 g/mol. The van der Waals surface area contributed by atoms with Crippen molar-refractivity contribution in [2.75, 3.05) is 13.2 Å². The number of hydrogen-bond donors (Lipinski definition) is 0. The molecule has 0 atom stereocenters. The molecule has 0 saturated heterocycles. The molecule has 0 bridgehead atoms. The lowest BCUT2D eigenvalue weighted by Crippen LogP contribution is -2.07. The zero-order chi connectivity index (χ0) is 9.52. The second kappa shape index (κ2) is 5.72. The monoisotopic (exact) mass is 184 g/mol. The summed E-state index contributed by atoms with van der Waals surface area (Å²) in [7, 11) is 0. The zero-order valence-corrected chi connectivity index (χ0v) is 8.19. The molecule has 0 saturated carbocycles. The molecule has 1 heterocycles. The standard InChI is InChI=1S/C9H16N2O2/c1-3-12-7-9-10-5-6-11(9)8-13-4-2/h5-6H,3-4,7-8H2,1-2H3. The molecule has 0 aliphatic rings. The summed E-state index contributed by atoms with van der Waals surface area (Å²) in [5.74, 6) is 0.912. The van der Waals surface area contributed by atoms with Crippen molar-refractivity contribution >= 4 is 0 Å². The quantitative estimate of drug-likeness (QED) is 0.670. The summed E-state index contributed by atoms with van der Waals surface area (Å²) in [5, 5.41) is 0. The number of rotatable bonds is 6. The Kier molecular flexibility index (Phi) is 4.49. The van der Waals surface area contributed by atoms with Gasteiger partial charge in [0, 0.05) is 25.6 Å². The van der Waals surface area contributed by atoms with E-state index in [2.05, 4.69) is 4.98 Å². The molecule has 0 amide bonds. The van der Waals surface area contributed by atoms with Crippen LogP contribution in [-0.2, 0) is 22.8 Å². The van der Waals surface area contributed by atoms with Gasteiger partial charge in [-0.25, -0.2) is 4.98 Å². The molecule has 13 heavy (non-hydrogen) atoms. The molecule has 0 aliphatic carbocycles. The largest absolute Gasteiger partial charge is 0.374 e. The first-order valence-corrected chi connectivity index (χ1v) is 4.54. The summed E-state index contributed by atoms with van der Waals surface area (Å²) in [5.41, 5.74) is 0. The van der Waals surface area contributed by atoms with Crippen LogP contribution in [0.3, 0.4) is 0 Å². The van der Waals surface area contributed by atoms with E-state index in [1.54, 1.807) is 6.20 Å². The molecule has 0 radical (unpaired) electrons. The SMILES string of the molecule is CCOCc1nccn1COCC. The first-order valence-electron chi connectivity index (χ1n) is 4.54. The van der Waals surface area contributed by atoms with E-state index in [0.29, 0.717) is 26.6 Å². The average Bonchev–Trinajstić information content (AvgIpc) is 2.59. The molecule has 0 spiro atoms. The first-order chi connectivity index (χ1) is 6.38. The van der Waals surface area contributed by atoms with Gasteiger partial charge in [-0.2, -0.15) is 0 Å². The maximum absolute atomic E-state index is 5.27. The van der Waals surface area contributed by atoms with Crippen LogP contribution in [0.25, 0.3) is 0 Å². The van der Waals surface area contributed by atoms with E-state index in [1.165, 1.54) is 0 Å². The van der Waals surface area contributed by atoms with Gasteiger partial charge in [-0.05, 0) is 13.8 Å². The van der Waals surface area contributed by atoms with Gasteiger partial charge in [-0.3, -0.25) is 0 Å². The van der Waals surface area contributed by atoms with Crippen LogP contribution in [0.5, 0.6) is 0 Å². The van der Waals surface area contributed by atoms with Gasteiger partial charge in [0.05, 0.1) is 0 Å². The van der Waals surface area contributed by atoms with Gasteiger partial charge >= 0.3 is 0 Å². The van der Waals surface area contributed by atoms with Crippen molar-refractivity contribution in [2.24, 2.45) is 0 Å². The van der Waals surface area contributed by atoms with Crippen LogP contribution in [0.2, 0.25) is 0 Å². The van der Waals surface area contributed by atoms with Gasteiger partial charge in [0.15, 0.2) is 0 Å². The van der Waals surface area contributed by atoms with Crippen LogP contribution in [0, 0.1) is 0 Å². The molecule has 4 nitrogen and oxygen atoms in total. The summed E-state index contributed by atoms with van der Waals surface area (Å²) in [4.78, 5) is 4.16. The van der Waals surface area contributed by atoms with E-state index in [4.69, 9.17) is 9.47 Å². The summed E-state index contributed by atoms with van der Waals surface area (Å²) in [6.07, 6.45) is 3.65. The molecular formula is C9H16N2O2. The Morgan fingerprint density at radius 3 is 2.77 bits per heavy atom. The Balaban J connectivity index is 2.45. The van der Waals surface area contributed by atoms with Crippen molar-refractivity contribution in [3.63, 3.8) is 0 Å². The molecule has 1 aromatic rings. The summed E-state index contributed by atoms with van der Waals surface area (Å²) in [6.45, 7) is 6.47. The topological polar surface area (TPSA) is 36.3 Å². The molecule has 0 aliphatic heterocycles. The van der Waals surface area contributed by atoms with Crippen molar-refractivity contribution in [2.45, 2.75) is 27.2 Å². The predicted octanol–water partition coefficient (Wildman–Crippen LogP) is 1.41. The lowest BCUT2D eigenvalue weighted by molar-refractivity contribution is 0.0741. The Morgan fingerprint density at radius 1 is 1.31 bits per heavy atom. The average molecular weight is 184 g/mol. The van der Waals surface area contributed by atoms with Gasteiger partial charge in [0.2, 0.25) is 0 Å². The van der Waals surface area contributed by atoms with Gasteiger partial charge in [0.25, 0.3) is 0 Å². The molecule has 1 rings (SSSR count). The second-order valence-electron chi connectivity index (χ2n) is 2.57. The van der Waals surface area contributed by atoms with Crippen LogP contribution in [0.15, 0.2) is 12.4 Å². The van der Waals surface area contributed by atoms with Crippen LogP contribution in [-0.4, -0.2) is 22.8 Å². The number of hydrogen-bond acceptors (Lipinski definition) is 3. The third kappa shape index (κ3) is 3.16. The molecule has 0 N–H and O–H groups in total. The molecule has 74 valence electrons. The van der Waals surface area contributed by atoms with Crippen LogP contribution in [0.1, 0.15) is 19.7 Å². The predicted molar refractivity (Wildman–Crippen MR) is 49.2 cm³/mol. The fourth-order valence-electron chi connectivity index (χ4n) is 0.981. The van der Waals surface area contributed by atoms with E-state index in [-0.39, 0.29) is 0 Å². The van der Waals surface area contributed by atoms with Gasteiger partial charge < -0.3 is 14.0 Å². The van der Waals surface area contributed by atoms with Crippen molar-refractivity contribution in [3.05, 3.63) is 18.2 Å². The fourth-order valence-corrected chi connectivity index (χ4v) is 0.981. The van der Waals surface area contributed by atoms with Crippen LogP contribution in [0.4, 0.5) is 0 Å². The first kappa shape index (κ1) is 10.2. The fraction of sp³-hybridized carbons (Fsp3) is 0.667. The molecule has 1 aromatic heterocycles. The number of aromatic nitrogens is 2. The third-order valence-corrected chi connectivity index (χ3v) is 1.67. The summed E-state index contributed by atoms with van der Waals surface area (Å²) < 4.78 is 12.5. The van der Waals surface area contributed by atoms with E-state index >= 15 is 0 Å². The molecule has 0 aromatic carbocycles. The maximum atomic E-state index is 5.27. The van der Waals surface area contributed by atoms with E-state index < -0.39 is 0 Å². The summed E-state index contributed by atoms with van der Waals surface area (Å²) >= 11 is 0. The van der Waals surface area contributed by atoms with Crippen molar-refractivity contribution in [1.82, 2.24) is 9.55 Å². The molecule has 0 fully saturated rings. The Bertz CT molecular complexity index is 213. The molecule has 0 unspecified atom stereocenters. The highest BCUT2D eigenvalue weighted by molar-refractivity contribution is 4.89. The number of imidazole rings is 1. The van der Waals surface area contributed by atoms with Crippen molar-refractivity contribution in [3.8, 4) is 0 Å². The lowest BCUT2D eigenvalue weighted by atomic mass is 10.6. The van der Waals surface area contributed by atoms with Crippen molar-refractivity contribution in [1.29, 1.82) is 0 Å². The van der Waals surface area contributed by atoms with Gasteiger partial charge in [0.1, 0.15) is 19.2 Å². The number of ether oxygens (including phenoxy) is 2. The highest BCUT2D eigenvalue weighted by Crippen LogP contribution is 1.99. The second-order valence-corrected chi connectivity index (χ2v) is 2.57. The Morgan fingerprint density at radius 2 is 2.08 bits per heavy atom. The van der Waals surface area contributed by atoms with E-state index in [9.17, 15) is 0 Å². The zero-order valence-electron chi connectivity index (χ0n) is 8.19. The van der Waals surface area contributed by atoms with Crippen LogP contribution >= 0.6 is 0 Å². The highest BCUT2D eigenvalue weighted by atomic mass is 16.5. The van der Waals surface area contributed by atoms with Gasteiger partial charge in [-0.1, -0.05) is 0 Å². The molecule has 4 heteroatoms. The minimum atomic E-state index is 0.552. The minimum Gasteiger partial charge on any atom is -0.374 e. The summed E-state index contributed by atoms with van der Waals surface area (Å²) in [6, 6.07) is 0. The van der Waals surface area contributed by atoms with Crippen LogP contribution < -0.4 is 0 Å². The smallest absolute Gasteiger partial charge is 0.136 e. The third-order valence-electron chi connectivity index (χ3n) is 1.67. The Hall–Kier alpha value is -0.870. The van der Waals surface area contributed by atoms with E-state index in [0.717, 1.165) is 5.82 Å². The minimum absolute atomic E-state index is 0.552. The van der Waals surface area contributed by atoms with E-state index in [1.807, 2.05) is 24.6 Å². The van der Waals surface area contributed by atoms with Gasteiger partial charge in [-0.15, -0.1) is 0 Å². The lowest BCUT2D eigenvalue weighted by Gasteiger charge is -2.06. The normalized spacial score (nSPS) is 10.6. The highest BCUT2D eigenvalue weighted by Gasteiger charge is 2.00.